The smallest absolute Gasteiger partial charge is 0.00259 e. The molecule has 0 saturated carbocycles. The molecule has 0 bridgehead atoms. The number of rotatable bonds is 6. The normalized spacial score (nSPS) is 11.4. The predicted molar refractivity (Wildman–Crippen MR) is 229 cm³/mol. The van der Waals surface area contributed by atoms with Crippen molar-refractivity contribution in [2.24, 2.45) is 0 Å². The van der Waals surface area contributed by atoms with E-state index in [4.69, 9.17) is 0 Å². The van der Waals surface area contributed by atoms with Crippen LogP contribution in [0.4, 0.5) is 0 Å². The van der Waals surface area contributed by atoms with Gasteiger partial charge in [-0.3, -0.25) is 0 Å². The van der Waals surface area contributed by atoms with Crippen molar-refractivity contribution in [3.05, 3.63) is 222 Å². The third-order valence-electron chi connectivity index (χ3n) is 10.3. The van der Waals surface area contributed by atoms with Crippen LogP contribution in [0.3, 0.4) is 0 Å². The summed E-state index contributed by atoms with van der Waals surface area (Å²) >= 11 is 0. The average Bonchev–Trinajstić information content (AvgIpc) is 3.20. The molecule has 8 aromatic rings. The number of fused-ring (bicyclic) bond motifs is 2. The summed E-state index contributed by atoms with van der Waals surface area (Å²) in [5.74, 6) is 0. The molecule has 8 rings (SSSR count). The molecule has 0 heteroatoms. The second kappa shape index (κ2) is 15.0. The highest BCUT2D eigenvalue weighted by Gasteiger charge is 2.19. The Morgan fingerprint density at radius 3 is 1.57 bits per heavy atom. The van der Waals surface area contributed by atoms with Crippen LogP contribution in [0.25, 0.3) is 71.6 Å². The van der Waals surface area contributed by atoms with Crippen LogP contribution in [0.2, 0.25) is 0 Å². The van der Waals surface area contributed by atoms with Crippen LogP contribution < -0.4 is 0 Å². The number of allylic oxidation sites excluding steroid dienone is 1. The van der Waals surface area contributed by atoms with E-state index in [1.165, 1.54) is 93.9 Å². The summed E-state index contributed by atoms with van der Waals surface area (Å²) < 4.78 is 0. The summed E-state index contributed by atoms with van der Waals surface area (Å²) in [5, 5.41) is 4.97. The molecule has 0 radical (unpaired) electrons. The predicted octanol–water partition coefficient (Wildman–Crippen LogP) is 14.9. The summed E-state index contributed by atoms with van der Waals surface area (Å²) in [5.41, 5.74) is 15.9. The van der Waals surface area contributed by atoms with Crippen molar-refractivity contribution in [3.8, 4) is 44.5 Å². The fourth-order valence-corrected chi connectivity index (χ4v) is 7.70. The highest BCUT2D eigenvalue weighted by molar-refractivity contribution is 6.22. The molecule has 0 spiro atoms. The van der Waals surface area contributed by atoms with Gasteiger partial charge in [-0.15, -0.1) is 0 Å². The van der Waals surface area contributed by atoms with Crippen molar-refractivity contribution >= 4 is 27.1 Å². The van der Waals surface area contributed by atoms with E-state index in [0.29, 0.717) is 0 Å². The van der Waals surface area contributed by atoms with Gasteiger partial charge >= 0.3 is 0 Å². The summed E-state index contributed by atoms with van der Waals surface area (Å²) in [6.45, 7) is 6.47. The topological polar surface area (TPSA) is 0 Å². The maximum Gasteiger partial charge on any atom is -0.00259 e. The molecule has 0 amide bonds. The summed E-state index contributed by atoms with van der Waals surface area (Å²) in [6.07, 6.45) is 2.25. The Morgan fingerprint density at radius 2 is 0.849 bits per heavy atom. The monoisotopic (exact) mass is 678 g/mol. The van der Waals surface area contributed by atoms with Crippen LogP contribution in [0, 0.1) is 13.8 Å². The summed E-state index contributed by atoms with van der Waals surface area (Å²) in [6, 6.07) is 70.7. The molecule has 0 aromatic heterocycles. The minimum absolute atomic E-state index is 1.17. The maximum atomic E-state index is 2.41. The Bertz CT molecular complexity index is 2690. The molecule has 0 atom stereocenters. The number of hydrogen-bond acceptors (Lipinski definition) is 0. The van der Waals surface area contributed by atoms with Gasteiger partial charge in [0, 0.05) is 0 Å². The van der Waals surface area contributed by atoms with Gasteiger partial charge in [-0.2, -0.15) is 0 Å². The van der Waals surface area contributed by atoms with Crippen LogP contribution in [-0.4, -0.2) is 0 Å². The van der Waals surface area contributed by atoms with Gasteiger partial charge in [0.25, 0.3) is 0 Å². The van der Waals surface area contributed by atoms with E-state index in [1.54, 1.807) is 0 Å². The molecule has 0 unspecified atom stereocenters. The maximum absolute atomic E-state index is 2.41. The fourth-order valence-electron chi connectivity index (χ4n) is 7.70. The van der Waals surface area contributed by atoms with E-state index < -0.39 is 0 Å². The molecule has 0 aliphatic heterocycles. The quantitative estimate of drug-likeness (QED) is 0.154. The van der Waals surface area contributed by atoms with E-state index in [0.717, 1.165) is 0 Å². The molecule has 53 heavy (non-hydrogen) atoms. The average molecular weight is 679 g/mol. The van der Waals surface area contributed by atoms with Crippen molar-refractivity contribution in [2.45, 2.75) is 20.8 Å². The van der Waals surface area contributed by atoms with Crippen LogP contribution in [-0.2, 0) is 0 Å². The second-order valence-corrected chi connectivity index (χ2v) is 13.7. The third-order valence-corrected chi connectivity index (χ3v) is 10.3. The molecule has 0 N–H and O–H groups in total. The van der Waals surface area contributed by atoms with Gasteiger partial charge in [0.15, 0.2) is 0 Å². The Balaban J connectivity index is 1.40. The van der Waals surface area contributed by atoms with Gasteiger partial charge in [0.05, 0.1) is 0 Å². The number of benzene rings is 7. The lowest BCUT2D eigenvalue weighted by molar-refractivity contribution is 1.41. The molecular weight excluding hydrogens is 637 g/mol. The number of aryl methyl sites for hydroxylation is 2. The Labute approximate surface area is 313 Å². The zero-order valence-electron chi connectivity index (χ0n) is 30.6. The molecule has 254 valence electrons. The van der Waals surface area contributed by atoms with Crippen molar-refractivity contribution in [1.29, 1.82) is 0 Å². The highest BCUT2D eigenvalue weighted by Crippen LogP contribution is 2.46. The van der Waals surface area contributed by atoms with Gasteiger partial charge in [-0.25, -0.2) is 0 Å². The lowest BCUT2D eigenvalue weighted by Crippen LogP contribution is -1.94. The minimum Gasteiger partial charge on any atom is -0.0792 e. The molecule has 0 aliphatic rings. The van der Waals surface area contributed by atoms with Crippen molar-refractivity contribution in [3.63, 3.8) is 0 Å². The molecule has 0 nitrogen and oxygen atoms in total. The summed E-state index contributed by atoms with van der Waals surface area (Å²) in [4.78, 5) is 0. The van der Waals surface area contributed by atoms with Gasteiger partial charge in [-0.1, -0.05) is 188 Å². The first kappa shape index (κ1) is 33.6. The van der Waals surface area contributed by atoms with Crippen LogP contribution in [0.15, 0.2) is 200 Å². The fraction of sp³-hybridized carbons (Fsp3) is 0.0566. The van der Waals surface area contributed by atoms with Gasteiger partial charge in [0.1, 0.15) is 0 Å². The molecule has 0 fully saturated rings. The Morgan fingerprint density at radius 1 is 0.358 bits per heavy atom. The van der Waals surface area contributed by atoms with Crippen LogP contribution >= 0.6 is 0 Å². The first-order chi connectivity index (χ1) is 26.1. The van der Waals surface area contributed by atoms with E-state index >= 15 is 0 Å². The van der Waals surface area contributed by atoms with E-state index in [1.807, 2.05) is 0 Å². The zero-order valence-corrected chi connectivity index (χ0v) is 30.6. The molecule has 8 aromatic carbocycles. The first-order valence-corrected chi connectivity index (χ1v) is 18.5. The third kappa shape index (κ3) is 6.80. The van der Waals surface area contributed by atoms with Crippen LogP contribution in [0.5, 0.6) is 0 Å². The van der Waals surface area contributed by atoms with Crippen molar-refractivity contribution in [1.82, 2.24) is 0 Å². The van der Waals surface area contributed by atoms with E-state index in [9.17, 15) is 0 Å². The molecule has 0 heterocycles. The SMILES string of the molecule is C/C=C(/c1cccc(-c2c3ccccc3c(-c3cccc(-c4cccccc(C)ccc4)c3)c3ccc(-c4ccccc4)cc23)c1)c1ccccc1C. The Hall–Kier alpha value is -6.50. The standard InChI is InChI=1S/C53H42/c1-4-46(47-29-12-11-20-38(47)3)43-26-17-28-45(35-43)53-49-31-14-13-30-48(49)52(50-33-32-42(36-51(50)53)39-21-9-6-10-22-39)44-27-16-25-41(34-44)40-23-8-5-7-18-37(2)19-15-24-40/h4-36H,1-3H3/b7-5?,8-5?,18-7?,19-15?,23-8?,24-15?,37-18?,37-19?,40-23?,40-24?,46-4-. The largest absolute Gasteiger partial charge is 0.0792 e. The van der Waals surface area contributed by atoms with E-state index in [-0.39, 0.29) is 0 Å². The van der Waals surface area contributed by atoms with Crippen LogP contribution in [0.1, 0.15) is 29.2 Å². The Kier molecular flexibility index (Phi) is 9.52. The molecule has 0 aliphatic carbocycles. The van der Waals surface area contributed by atoms with Gasteiger partial charge < -0.3 is 0 Å². The zero-order chi connectivity index (χ0) is 36.1. The van der Waals surface area contributed by atoms with Crippen molar-refractivity contribution < 1.29 is 0 Å². The first-order valence-electron chi connectivity index (χ1n) is 18.5. The van der Waals surface area contributed by atoms with Gasteiger partial charge in [0.2, 0.25) is 0 Å². The highest BCUT2D eigenvalue weighted by atomic mass is 14.2. The van der Waals surface area contributed by atoms with Crippen molar-refractivity contribution in [2.75, 3.05) is 0 Å². The lowest BCUT2D eigenvalue weighted by atomic mass is 9.83. The molecular formula is C53H42. The minimum atomic E-state index is 1.17. The van der Waals surface area contributed by atoms with E-state index in [2.05, 4.69) is 221 Å². The second-order valence-electron chi connectivity index (χ2n) is 13.7. The van der Waals surface area contributed by atoms with Gasteiger partial charge in [-0.05, 0) is 127 Å². The summed E-state index contributed by atoms with van der Waals surface area (Å²) in [7, 11) is 0. The lowest BCUT2D eigenvalue weighted by Gasteiger charge is -2.20. The molecule has 0 saturated heterocycles. The number of hydrogen-bond donors (Lipinski definition) is 0.